The highest BCUT2D eigenvalue weighted by Crippen LogP contribution is 2.37. The van der Waals surface area contributed by atoms with Crippen LogP contribution in [0.15, 0.2) is 47.4 Å². The molecule has 2 aromatic carbocycles. The second kappa shape index (κ2) is 7.67. The van der Waals surface area contributed by atoms with Gasteiger partial charge >= 0.3 is 6.18 Å². The molecule has 156 valence electrons. The van der Waals surface area contributed by atoms with Crippen molar-refractivity contribution in [1.82, 2.24) is 9.78 Å². The summed E-state index contributed by atoms with van der Waals surface area (Å²) in [6, 6.07) is 5.55. The molecule has 0 aliphatic rings. The average molecular weight is 442 g/mol. The van der Waals surface area contributed by atoms with E-state index in [-0.39, 0.29) is 22.1 Å². The number of H-pyrrole nitrogens is 1. The van der Waals surface area contributed by atoms with E-state index in [2.05, 4.69) is 5.10 Å². The molecule has 1 heterocycles. The van der Waals surface area contributed by atoms with Gasteiger partial charge in [-0.05, 0) is 30.3 Å². The lowest BCUT2D eigenvalue weighted by molar-refractivity contribution is -0.385. The second-order valence-corrected chi connectivity index (χ2v) is 6.47. The Balaban J connectivity index is 2.01. The van der Waals surface area contributed by atoms with Crippen LogP contribution in [0.2, 0.25) is 5.02 Å². The zero-order valence-corrected chi connectivity index (χ0v) is 15.7. The van der Waals surface area contributed by atoms with E-state index in [1.165, 1.54) is 7.05 Å². The van der Waals surface area contributed by atoms with E-state index in [1.807, 2.05) is 0 Å². The van der Waals surface area contributed by atoms with Crippen LogP contribution in [0.4, 0.5) is 18.9 Å². The Kier molecular flexibility index (Phi) is 5.40. The minimum Gasteiger partial charge on any atom is -0.456 e. The van der Waals surface area contributed by atoms with Crippen molar-refractivity contribution in [3.63, 3.8) is 0 Å². The minimum atomic E-state index is -4.60. The van der Waals surface area contributed by atoms with Gasteiger partial charge in [-0.3, -0.25) is 24.4 Å². The summed E-state index contributed by atoms with van der Waals surface area (Å²) in [5.41, 5.74) is -3.01. The van der Waals surface area contributed by atoms with Gasteiger partial charge in [0.1, 0.15) is 22.6 Å². The average Bonchev–Trinajstić information content (AvgIpc) is 3.00. The van der Waals surface area contributed by atoms with Gasteiger partial charge in [0.25, 0.3) is 11.2 Å². The molecule has 0 fully saturated rings. The van der Waals surface area contributed by atoms with Crippen LogP contribution < -0.4 is 10.3 Å². The zero-order valence-electron chi connectivity index (χ0n) is 15.0. The molecule has 3 aromatic rings. The molecule has 0 aliphatic heterocycles. The summed E-state index contributed by atoms with van der Waals surface area (Å²) in [5.74, 6) is -1.18. The number of nitrogens with zero attached hydrogens (tertiary/aromatic N) is 2. The normalized spacial score (nSPS) is 11.4. The highest BCUT2D eigenvalue weighted by Gasteiger charge is 2.31. The van der Waals surface area contributed by atoms with Crippen molar-refractivity contribution in [3.8, 4) is 11.5 Å². The third-order valence-electron chi connectivity index (χ3n) is 4.08. The minimum absolute atomic E-state index is 0.0991. The predicted molar refractivity (Wildman–Crippen MR) is 99.1 cm³/mol. The summed E-state index contributed by atoms with van der Waals surface area (Å²) >= 11 is 5.84. The zero-order chi connectivity index (χ0) is 22.2. The van der Waals surface area contributed by atoms with Gasteiger partial charge in [-0.25, -0.2) is 0 Å². The number of ether oxygens (including phenoxy) is 1. The van der Waals surface area contributed by atoms with Gasteiger partial charge in [0.05, 0.1) is 15.5 Å². The number of nitro benzene ring substituents is 1. The van der Waals surface area contributed by atoms with E-state index < -0.39 is 39.3 Å². The molecular weight excluding hydrogens is 431 g/mol. The van der Waals surface area contributed by atoms with E-state index in [9.17, 15) is 32.9 Å². The molecule has 1 N–H and O–H groups in total. The molecule has 0 atom stereocenters. The molecule has 3 rings (SSSR count). The lowest BCUT2D eigenvalue weighted by atomic mass is 10.0. The number of nitro groups is 1. The van der Waals surface area contributed by atoms with Crippen LogP contribution in [-0.2, 0) is 13.2 Å². The fraction of sp³-hybridized carbons (Fsp3) is 0.111. The first-order valence-corrected chi connectivity index (χ1v) is 8.49. The molecule has 0 spiro atoms. The van der Waals surface area contributed by atoms with E-state index >= 15 is 0 Å². The van der Waals surface area contributed by atoms with Crippen molar-refractivity contribution in [2.75, 3.05) is 0 Å². The quantitative estimate of drug-likeness (QED) is 0.360. The van der Waals surface area contributed by atoms with Gasteiger partial charge in [-0.2, -0.15) is 13.2 Å². The molecule has 30 heavy (non-hydrogen) atoms. The van der Waals surface area contributed by atoms with Crippen LogP contribution in [0.5, 0.6) is 11.5 Å². The maximum Gasteiger partial charge on any atom is 0.416 e. The van der Waals surface area contributed by atoms with E-state index in [1.54, 1.807) is 0 Å². The van der Waals surface area contributed by atoms with Crippen molar-refractivity contribution in [3.05, 3.63) is 84.8 Å². The molecule has 1 aromatic heterocycles. The molecule has 0 bridgehead atoms. The summed E-state index contributed by atoms with van der Waals surface area (Å²) in [7, 11) is 1.36. The molecule has 0 amide bonds. The van der Waals surface area contributed by atoms with Crippen LogP contribution in [0.1, 0.15) is 21.5 Å². The van der Waals surface area contributed by atoms with Gasteiger partial charge < -0.3 is 9.84 Å². The van der Waals surface area contributed by atoms with Crippen LogP contribution in [0.25, 0.3) is 0 Å². The number of hydrogen-bond acceptors (Lipinski definition) is 5. The Hall–Kier alpha value is -3.60. The number of aryl methyl sites for hydroxylation is 1. The molecule has 0 radical (unpaired) electrons. The number of rotatable bonds is 5. The largest absolute Gasteiger partial charge is 0.456 e. The lowest BCUT2D eigenvalue weighted by Gasteiger charge is -2.12. The van der Waals surface area contributed by atoms with Crippen molar-refractivity contribution in [2.24, 2.45) is 7.05 Å². The number of aromatic nitrogens is 2. The van der Waals surface area contributed by atoms with Crippen LogP contribution in [0.3, 0.4) is 0 Å². The van der Waals surface area contributed by atoms with Gasteiger partial charge in [0, 0.05) is 19.3 Å². The number of hydrogen-bond donors (Lipinski definition) is 1. The van der Waals surface area contributed by atoms with Gasteiger partial charge in [-0.15, -0.1) is 0 Å². The Morgan fingerprint density at radius 2 is 1.90 bits per heavy atom. The predicted octanol–water partition coefficient (Wildman–Crippen LogP) is 4.32. The maximum atomic E-state index is 12.8. The number of benzene rings is 2. The Morgan fingerprint density at radius 3 is 2.43 bits per heavy atom. The third kappa shape index (κ3) is 4.06. The first kappa shape index (κ1) is 21.1. The second-order valence-electron chi connectivity index (χ2n) is 6.06. The number of nitrogens with one attached hydrogen (secondary N) is 1. The number of carbonyl (C=O) groups excluding carboxylic acids is 1. The molecule has 0 saturated heterocycles. The molecule has 0 aliphatic carbocycles. The fourth-order valence-electron chi connectivity index (χ4n) is 2.58. The smallest absolute Gasteiger partial charge is 0.416 e. The number of carbonyl (C=O) groups is 1. The first-order valence-electron chi connectivity index (χ1n) is 8.11. The Labute approximate surface area is 170 Å². The topological polar surface area (TPSA) is 107 Å². The van der Waals surface area contributed by atoms with Gasteiger partial charge in [-0.1, -0.05) is 11.6 Å². The van der Waals surface area contributed by atoms with Crippen LogP contribution >= 0.6 is 11.6 Å². The highest BCUT2D eigenvalue weighted by molar-refractivity contribution is 6.32. The first-order chi connectivity index (χ1) is 14.0. The highest BCUT2D eigenvalue weighted by atomic mass is 35.5. The summed E-state index contributed by atoms with van der Waals surface area (Å²) < 4.78 is 44.7. The lowest BCUT2D eigenvalue weighted by Crippen LogP contribution is -2.19. The molecular formula is C18H11ClF3N3O5. The third-order valence-corrected chi connectivity index (χ3v) is 4.37. The molecule has 0 unspecified atom stereocenters. The van der Waals surface area contributed by atoms with Crippen molar-refractivity contribution in [2.45, 2.75) is 6.18 Å². The van der Waals surface area contributed by atoms with Crippen LogP contribution in [0, 0.1) is 10.1 Å². The summed E-state index contributed by atoms with van der Waals surface area (Å²) in [5, 5.41) is 13.4. The molecule has 8 nitrogen and oxygen atoms in total. The van der Waals surface area contributed by atoms with E-state index in [0.717, 1.165) is 41.2 Å². The van der Waals surface area contributed by atoms with Crippen molar-refractivity contribution >= 4 is 23.1 Å². The maximum absolute atomic E-state index is 12.8. The Morgan fingerprint density at radius 1 is 1.20 bits per heavy atom. The monoisotopic (exact) mass is 441 g/mol. The van der Waals surface area contributed by atoms with E-state index in [0.29, 0.717) is 6.07 Å². The number of aromatic amines is 1. The number of alkyl halides is 3. The fourth-order valence-corrected chi connectivity index (χ4v) is 2.80. The van der Waals surface area contributed by atoms with Gasteiger partial charge in [0.2, 0.25) is 5.78 Å². The summed E-state index contributed by atoms with van der Waals surface area (Å²) in [6.07, 6.45) is -3.49. The number of ketones is 1. The molecule has 0 saturated carbocycles. The SMILES string of the molecule is Cn1[nH]cc(C(=O)c2cc(Oc3ccc(C(F)(F)F)cc3Cl)ccc2[N+](=O)[O-])c1=O. The van der Waals surface area contributed by atoms with Gasteiger partial charge in [0.15, 0.2) is 0 Å². The summed E-state index contributed by atoms with van der Waals surface area (Å²) in [4.78, 5) is 35.2. The van der Waals surface area contributed by atoms with E-state index in [4.69, 9.17) is 16.3 Å². The molecule has 12 heteroatoms. The number of halogens is 4. The van der Waals surface area contributed by atoms with Crippen molar-refractivity contribution in [1.29, 1.82) is 0 Å². The van der Waals surface area contributed by atoms with Crippen LogP contribution in [-0.4, -0.2) is 20.5 Å². The Bertz CT molecular complexity index is 1220. The summed E-state index contributed by atoms with van der Waals surface area (Å²) in [6.45, 7) is 0. The standard InChI is InChI=1S/C18H11ClF3N3O5/c1-24-17(27)12(8-23-24)16(26)11-7-10(3-4-14(11)25(28)29)30-15-5-2-9(6-13(15)19)18(20,21)22/h2-8,23H,1H3. The van der Waals surface area contributed by atoms with Crippen molar-refractivity contribution < 1.29 is 27.6 Å².